The minimum atomic E-state index is -4.86. The second kappa shape index (κ2) is 10.9. The summed E-state index contributed by atoms with van der Waals surface area (Å²) in [5.41, 5.74) is 0.743. The number of hydrogen-bond acceptors (Lipinski definition) is 6. The number of aliphatic carboxylic acids is 1. The number of thioether (sulfide) groups is 1. The lowest BCUT2D eigenvalue weighted by atomic mass is 10.2. The highest BCUT2D eigenvalue weighted by Gasteiger charge is 2.31. The van der Waals surface area contributed by atoms with Crippen molar-refractivity contribution in [3.8, 4) is 11.5 Å². The van der Waals surface area contributed by atoms with E-state index >= 15 is 0 Å². The van der Waals surface area contributed by atoms with Crippen LogP contribution < -0.4 is 14.2 Å². The van der Waals surface area contributed by atoms with Crippen molar-refractivity contribution in [3.05, 3.63) is 48.0 Å². The molecule has 0 heterocycles. The molecule has 0 fully saturated rings. The maximum absolute atomic E-state index is 12.5. The van der Waals surface area contributed by atoms with Crippen LogP contribution in [0.2, 0.25) is 0 Å². The summed E-state index contributed by atoms with van der Waals surface area (Å²) in [4.78, 5) is 11.3. The van der Waals surface area contributed by atoms with Crippen LogP contribution in [0.1, 0.15) is 18.9 Å². The standard InChI is InChI=1S/C20H22F3NO6S2/c1-3-15(31-16-6-9-18(13(2)10-16)29-12-19(25)26)11-24-32(27,28)17-7-4-14(5-8-17)30-20(21,22)23/h4-10,15,24H,3,11-12H2,1-2H3,(H,25,26)/t15-/m1/s1. The zero-order valence-electron chi connectivity index (χ0n) is 17.2. The summed E-state index contributed by atoms with van der Waals surface area (Å²) < 4.78 is 73.1. The molecule has 1 atom stereocenters. The summed E-state index contributed by atoms with van der Waals surface area (Å²) in [6.07, 6.45) is -4.22. The molecule has 2 aromatic carbocycles. The summed E-state index contributed by atoms with van der Waals surface area (Å²) in [5.74, 6) is -1.14. The predicted molar refractivity (Wildman–Crippen MR) is 113 cm³/mol. The van der Waals surface area contributed by atoms with Gasteiger partial charge in [0.1, 0.15) is 11.5 Å². The number of benzene rings is 2. The molecule has 2 aromatic rings. The van der Waals surface area contributed by atoms with Crippen LogP contribution in [0, 0.1) is 6.92 Å². The third kappa shape index (κ3) is 8.24. The quantitative estimate of drug-likeness (QED) is 0.452. The Labute approximate surface area is 188 Å². The van der Waals surface area contributed by atoms with Gasteiger partial charge in [-0.05, 0) is 61.4 Å². The molecule has 32 heavy (non-hydrogen) atoms. The van der Waals surface area contributed by atoms with Gasteiger partial charge in [0.15, 0.2) is 6.61 Å². The predicted octanol–water partition coefficient (Wildman–Crippen LogP) is 4.21. The Balaban J connectivity index is 1.99. The van der Waals surface area contributed by atoms with Crippen molar-refractivity contribution in [1.82, 2.24) is 4.72 Å². The number of ether oxygens (including phenoxy) is 2. The van der Waals surface area contributed by atoms with E-state index in [2.05, 4.69) is 9.46 Å². The second-order valence-electron chi connectivity index (χ2n) is 6.63. The number of nitrogens with one attached hydrogen (secondary N) is 1. The second-order valence-corrected chi connectivity index (χ2v) is 9.77. The number of rotatable bonds is 11. The smallest absolute Gasteiger partial charge is 0.482 e. The van der Waals surface area contributed by atoms with E-state index in [1.807, 2.05) is 13.0 Å². The van der Waals surface area contributed by atoms with E-state index in [4.69, 9.17) is 9.84 Å². The van der Waals surface area contributed by atoms with Gasteiger partial charge in [0.25, 0.3) is 0 Å². The third-order valence-corrected chi connectivity index (χ3v) is 6.92. The Kier molecular flexibility index (Phi) is 8.81. The molecule has 12 heteroatoms. The first-order valence-electron chi connectivity index (χ1n) is 9.37. The monoisotopic (exact) mass is 493 g/mol. The van der Waals surface area contributed by atoms with Gasteiger partial charge in [0.2, 0.25) is 10.0 Å². The third-order valence-electron chi connectivity index (χ3n) is 4.12. The van der Waals surface area contributed by atoms with Crippen molar-refractivity contribution in [2.75, 3.05) is 13.2 Å². The molecule has 0 aliphatic heterocycles. The Morgan fingerprint density at radius 1 is 1.19 bits per heavy atom. The summed E-state index contributed by atoms with van der Waals surface area (Å²) in [7, 11) is -3.92. The molecule has 0 bridgehead atoms. The molecule has 0 saturated carbocycles. The fraction of sp³-hybridized carbons (Fsp3) is 0.350. The van der Waals surface area contributed by atoms with Crippen molar-refractivity contribution in [1.29, 1.82) is 0 Å². The summed E-state index contributed by atoms with van der Waals surface area (Å²) in [6.45, 7) is 3.32. The highest BCUT2D eigenvalue weighted by molar-refractivity contribution is 8.00. The molecule has 2 N–H and O–H groups in total. The first kappa shape index (κ1) is 25.8. The van der Waals surface area contributed by atoms with E-state index in [-0.39, 0.29) is 16.7 Å². The van der Waals surface area contributed by atoms with E-state index in [0.717, 1.165) is 34.7 Å². The number of carboxylic acids is 1. The van der Waals surface area contributed by atoms with Crippen molar-refractivity contribution < 1.29 is 41.0 Å². The number of halogens is 3. The van der Waals surface area contributed by atoms with Crippen molar-refractivity contribution in [2.24, 2.45) is 0 Å². The molecule has 0 spiro atoms. The van der Waals surface area contributed by atoms with Crippen LogP contribution in [0.15, 0.2) is 52.3 Å². The Morgan fingerprint density at radius 2 is 1.84 bits per heavy atom. The van der Waals surface area contributed by atoms with Crippen LogP contribution in [0.25, 0.3) is 0 Å². The first-order chi connectivity index (χ1) is 14.9. The van der Waals surface area contributed by atoms with Crippen LogP contribution in [0.4, 0.5) is 13.2 Å². The van der Waals surface area contributed by atoms with E-state index in [9.17, 15) is 26.4 Å². The van der Waals surface area contributed by atoms with Crippen LogP contribution >= 0.6 is 11.8 Å². The lowest BCUT2D eigenvalue weighted by Gasteiger charge is -2.17. The molecule has 0 radical (unpaired) electrons. The zero-order valence-corrected chi connectivity index (χ0v) is 18.8. The van der Waals surface area contributed by atoms with Crippen LogP contribution in [-0.2, 0) is 14.8 Å². The molecule has 0 aliphatic carbocycles. The summed E-state index contributed by atoms with van der Waals surface area (Å²) in [5, 5.41) is 8.58. The average Bonchev–Trinajstić information content (AvgIpc) is 2.69. The minimum Gasteiger partial charge on any atom is -0.482 e. The lowest BCUT2D eigenvalue weighted by Crippen LogP contribution is -2.30. The van der Waals surface area contributed by atoms with Gasteiger partial charge in [0.05, 0.1) is 4.90 Å². The number of hydrogen-bond donors (Lipinski definition) is 2. The number of alkyl halides is 3. The number of sulfonamides is 1. The van der Waals surface area contributed by atoms with Crippen LogP contribution in [0.3, 0.4) is 0 Å². The Hall–Kier alpha value is -2.44. The van der Waals surface area contributed by atoms with E-state index < -0.39 is 34.7 Å². The molecule has 0 unspecified atom stereocenters. The van der Waals surface area contributed by atoms with Gasteiger partial charge < -0.3 is 14.6 Å². The number of aryl methyl sites for hydroxylation is 1. The average molecular weight is 494 g/mol. The maximum atomic E-state index is 12.5. The van der Waals surface area contributed by atoms with Crippen LogP contribution in [-0.4, -0.2) is 44.3 Å². The maximum Gasteiger partial charge on any atom is 0.573 e. The fourth-order valence-corrected chi connectivity index (χ4v) is 4.86. The van der Waals surface area contributed by atoms with Crippen molar-refractivity contribution >= 4 is 27.8 Å². The van der Waals surface area contributed by atoms with Gasteiger partial charge in [-0.25, -0.2) is 17.9 Å². The molecule has 176 valence electrons. The van der Waals surface area contributed by atoms with Crippen molar-refractivity contribution in [2.45, 2.75) is 41.7 Å². The zero-order chi connectivity index (χ0) is 23.9. The van der Waals surface area contributed by atoms with E-state index in [1.54, 1.807) is 19.1 Å². The van der Waals surface area contributed by atoms with Gasteiger partial charge in [0, 0.05) is 16.7 Å². The molecule has 0 saturated heterocycles. The lowest BCUT2D eigenvalue weighted by molar-refractivity contribution is -0.274. The number of carbonyl (C=O) groups is 1. The van der Waals surface area contributed by atoms with Gasteiger partial charge in [-0.3, -0.25) is 0 Å². The van der Waals surface area contributed by atoms with Crippen molar-refractivity contribution in [3.63, 3.8) is 0 Å². The highest BCUT2D eigenvalue weighted by atomic mass is 32.2. The van der Waals surface area contributed by atoms with Crippen LogP contribution in [0.5, 0.6) is 11.5 Å². The fourth-order valence-electron chi connectivity index (χ4n) is 2.56. The highest BCUT2D eigenvalue weighted by Crippen LogP contribution is 2.30. The Bertz CT molecular complexity index is 1030. The summed E-state index contributed by atoms with van der Waals surface area (Å²) in [6, 6.07) is 9.18. The normalized spacial score (nSPS) is 12.9. The van der Waals surface area contributed by atoms with E-state index in [1.165, 1.54) is 11.8 Å². The molecule has 0 aliphatic rings. The molecule has 7 nitrogen and oxygen atoms in total. The Morgan fingerprint density at radius 3 is 2.38 bits per heavy atom. The van der Waals surface area contributed by atoms with Gasteiger partial charge >= 0.3 is 12.3 Å². The van der Waals surface area contributed by atoms with Gasteiger partial charge in [-0.1, -0.05) is 6.92 Å². The first-order valence-corrected chi connectivity index (χ1v) is 11.7. The molecule has 2 rings (SSSR count). The van der Waals surface area contributed by atoms with Gasteiger partial charge in [-0.15, -0.1) is 24.9 Å². The molecule has 0 amide bonds. The summed E-state index contributed by atoms with van der Waals surface area (Å²) >= 11 is 1.44. The molecule has 0 aromatic heterocycles. The topological polar surface area (TPSA) is 102 Å². The SMILES string of the molecule is CC[C@H](CNS(=O)(=O)c1ccc(OC(F)(F)F)cc1)Sc1ccc(OCC(=O)O)c(C)c1. The van der Waals surface area contributed by atoms with Gasteiger partial charge in [-0.2, -0.15) is 0 Å². The van der Waals surface area contributed by atoms with E-state index in [0.29, 0.717) is 12.2 Å². The number of carboxylic acid groups (broad SMARTS) is 1. The molecular formula is C20H22F3NO6S2. The molecular weight excluding hydrogens is 471 g/mol. The minimum absolute atomic E-state index is 0.0978. The largest absolute Gasteiger partial charge is 0.573 e.